The predicted molar refractivity (Wildman–Crippen MR) is 197 cm³/mol. The van der Waals surface area contributed by atoms with Crippen LogP contribution in [0.25, 0.3) is 0 Å². The van der Waals surface area contributed by atoms with E-state index in [0.29, 0.717) is 50.4 Å². The molecule has 10 heteroatoms. The van der Waals surface area contributed by atoms with Gasteiger partial charge in [0.05, 0.1) is 13.0 Å². The summed E-state index contributed by atoms with van der Waals surface area (Å²) in [6, 6.07) is 13.8. The Bertz CT molecular complexity index is 1500. The summed E-state index contributed by atoms with van der Waals surface area (Å²) in [6.07, 6.45) is 11.5. The molecule has 1 aliphatic carbocycles. The molecular formula is C41H57N5O5. The molecule has 4 amide bonds. The van der Waals surface area contributed by atoms with Crippen molar-refractivity contribution in [3.05, 3.63) is 65.2 Å². The Balaban J connectivity index is 1.17. The SMILES string of the molecule is Cc1ccc2cc1CNC(=O)[C@H](CCc1ccccc1)NC(=O)[C@@H](NC(=O)CCN1CCC3(CCCC3)CC1)CC(=O)N1CCCC(CCO2)C1. The molecule has 10 nitrogen and oxygen atoms in total. The maximum absolute atomic E-state index is 14.1. The third-order valence-corrected chi connectivity index (χ3v) is 11.9. The molecule has 3 atom stereocenters. The lowest BCUT2D eigenvalue weighted by atomic mass is 9.77. The molecule has 3 N–H and O–H groups in total. The third-order valence-electron chi connectivity index (χ3n) is 11.9. The van der Waals surface area contributed by atoms with Crippen LogP contribution in [0.2, 0.25) is 0 Å². The van der Waals surface area contributed by atoms with Crippen molar-refractivity contribution in [3.8, 4) is 5.75 Å². The zero-order valence-electron chi connectivity index (χ0n) is 30.4. The van der Waals surface area contributed by atoms with E-state index in [0.717, 1.165) is 54.8 Å². The minimum atomic E-state index is -1.08. The van der Waals surface area contributed by atoms with Gasteiger partial charge in [-0.05, 0) is 118 Å². The zero-order valence-corrected chi connectivity index (χ0v) is 30.4. The van der Waals surface area contributed by atoms with Crippen molar-refractivity contribution in [3.63, 3.8) is 0 Å². The number of piperidine rings is 2. The van der Waals surface area contributed by atoms with Gasteiger partial charge in [0.25, 0.3) is 0 Å². The summed E-state index contributed by atoms with van der Waals surface area (Å²) in [5.41, 5.74) is 3.54. The summed E-state index contributed by atoms with van der Waals surface area (Å²) in [6.45, 7) is 6.67. The first-order valence-electron chi connectivity index (χ1n) is 19.4. The Morgan fingerprint density at radius 2 is 1.73 bits per heavy atom. The molecule has 6 rings (SSSR count). The minimum absolute atomic E-state index is 0.149. The molecule has 4 aliphatic rings. The average Bonchev–Trinajstić information content (AvgIpc) is 3.60. The molecule has 2 saturated heterocycles. The number of rotatable bonds is 7. The second-order valence-electron chi connectivity index (χ2n) is 15.5. The van der Waals surface area contributed by atoms with Gasteiger partial charge in [0.1, 0.15) is 17.8 Å². The van der Waals surface area contributed by atoms with Crippen molar-refractivity contribution in [1.29, 1.82) is 0 Å². The fraction of sp³-hybridized carbons (Fsp3) is 0.610. The normalized spacial score (nSPS) is 24.9. The number of hydrogen-bond donors (Lipinski definition) is 3. The lowest BCUT2D eigenvalue weighted by Crippen LogP contribution is -2.55. The number of ether oxygens (including phenoxy) is 1. The number of carbonyl (C=O) groups excluding carboxylic acids is 4. The topological polar surface area (TPSA) is 120 Å². The highest BCUT2D eigenvalue weighted by atomic mass is 16.5. The molecule has 3 fully saturated rings. The van der Waals surface area contributed by atoms with Crippen LogP contribution in [0.4, 0.5) is 0 Å². The Labute approximate surface area is 303 Å². The first kappa shape index (κ1) is 36.9. The smallest absolute Gasteiger partial charge is 0.243 e. The fourth-order valence-corrected chi connectivity index (χ4v) is 8.52. The molecule has 3 aliphatic heterocycles. The standard InChI is InChI=1S/C41H57N5O5/c1-30-11-13-34-26-33(30)28-42-39(49)35(14-12-31-8-3-2-4-9-31)44-40(50)36(27-38(48)46-21-7-10-32(29-46)16-25-51-34)43-37(47)15-22-45-23-19-41(20-24-45)17-5-6-18-41/h2-4,8-9,11,13,26,32,35-36H,5-7,10,12,14-25,27-29H2,1H3,(H,42,49)(H,43,47)(H,44,50)/t32?,35-,36-/m0/s1. The number of nitrogens with one attached hydrogen (secondary N) is 3. The summed E-state index contributed by atoms with van der Waals surface area (Å²) in [7, 11) is 0. The number of carbonyl (C=O) groups is 4. The van der Waals surface area contributed by atoms with Crippen molar-refractivity contribution in [2.24, 2.45) is 11.3 Å². The first-order chi connectivity index (χ1) is 24.7. The van der Waals surface area contributed by atoms with E-state index in [4.69, 9.17) is 4.74 Å². The maximum atomic E-state index is 14.1. The van der Waals surface area contributed by atoms with E-state index in [1.807, 2.05) is 60.4 Å². The van der Waals surface area contributed by atoms with Gasteiger partial charge in [-0.3, -0.25) is 19.2 Å². The van der Waals surface area contributed by atoms with Gasteiger partial charge in [0, 0.05) is 32.6 Å². The monoisotopic (exact) mass is 699 g/mol. The van der Waals surface area contributed by atoms with Gasteiger partial charge in [-0.15, -0.1) is 0 Å². The molecule has 4 bridgehead atoms. The highest BCUT2D eigenvalue weighted by Gasteiger charge is 2.37. The summed E-state index contributed by atoms with van der Waals surface area (Å²) >= 11 is 0. The van der Waals surface area contributed by atoms with E-state index >= 15 is 0 Å². The van der Waals surface area contributed by atoms with E-state index in [1.54, 1.807) is 0 Å². The number of aryl methyl sites for hydroxylation is 2. The van der Waals surface area contributed by atoms with E-state index in [2.05, 4.69) is 20.9 Å². The number of fused-ring (bicyclic) bond motifs is 4. The van der Waals surface area contributed by atoms with Gasteiger partial charge in [-0.25, -0.2) is 0 Å². The molecule has 276 valence electrons. The van der Waals surface area contributed by atoms with Crippen LogP contribution in [0.5, 0.6) is 5.75 Å². The lowest BCUT2D eigenvalue weighted by molar-refractivity contribution is -0.138. The summed E-state index contributed by atoms with van der Waals surface area (Å²) in [5.74, 6) is -0.184. The summed E-state index contributed by atoms with van der Waals surface area (Å²) < 4.78 is 6.14. The van der Waals surface area contributed by atoms with Crippen LogP contribution in [0.3, 0.4) is 0 Å². The Morgan fingerprint density at radius 3 is 2.51 bits per heavy atom. The molecule has 1 spiro atoms. The first-order valence-corrected chi connectivity index (χ1v) is 19.4. The molecule has 1 unspecified atom stereocenters. The van der Waals surface area contributed by atoms with Gasteiger partial charge in [0.2, 0.25) is 23.6 Å². The van der Waals surface area contributed by atoms with Gasteiger partial charge in [-0.1, -0.05) is 49.2 Å². The van der Waals surface area contributed by atoms with Crippen LogP contribution in [0, 0.1) is 18.3 Å². The third kappa shape index (κ3) is 10.3. The van der Waals surface area contributed by atoms with Crippen molar-refractivity contribution in [1.82, 2.24) is 25.8 Å². The predicted octanol–water partition coefficient (Wildman–Crippen LogP) is 4.67. The number of hydrogen-bond acceptors (Lipinski definition) is 6. The maximum Gasteiger partial charge on any atom is 0.243 e. The van der Waals surface area contributed by atoms with Crippen LogP contribution < -0.4 is 20.7 Å². The quantitative estimate of drug-likeness (QED) is 0.387. The van der Waals surface area contributed by atoms with Crippen molar-refractivity contribution in [2.75, 3.05) is 39.3 Å². The van der Waals surface area contributed by atoms with Gasteiger partial charge >= 0.3 is 0 Å². The zero-order chi connectivity index (χ0) is 35.6. The Morgan fingerprint density at radius 1 is 0.941 bits per heavy atom. The molecule has 2 aromatic rings. The molecule has 2 aromatic carbocycles. The molecule has 1 saturated carbocycles. The highest BCUT2D eigenvalue weighted by molar-refractivity contribution is 5.95. The van der Waals surface area contributed by atoms with Crippen molar-refractivity contribution in [2.45, 2.75) is 109 Å². The fourth-order valence-electron chi connectivity index (χ4n) is 8.52. The largest absolute Gasteiger partial charge is 0.494 e. The van der Waals surface area contributed by atoms with Crippen molar-refractivity contribution >= 4 is 23.6 Å². The van der Waals surface area contributed by atoms with Crippen LogP contribution in [0.1, 0.15) is 93.7 Å². The van der Waals surface area contributed by atoms with Crippen molar-refractivity contribution < 1.29 is 23.9 Å². The van der Waals surface area contributed by atoms with Gasteiger partial charge in [0.15, 0.2) is 0 Å². The Hall–Kier alpha value is -3.92. The van der Waals surface area contributed by atoms with Gasteiger partial charge < -0.3 is 30.5 Å². The van der Waals surface area contributed by atoms with E-state index < -0.39 is 18.0 Å². The van der Waals surface area contributed by atoms with Crippen LogP contribution in [-0.4, -0.2) is 84.8 Å². The molecule has 0 radical (unpaired) electrons. The van der Waals surface area contributed by atoms with Crippen LogP contribution >= 0.6 is 0 Å². The van der Waals surface area contributed by atoms with E-state index in [1.165, 1.54) is 38.5 Å². The molecule has 3 heterocycles. The lowest BCUT2D eigenvalue weighted by Gasteiger charge is -2.39. The molecule has 0 aromatic heterocycles. The van der Waals surface area contributed by atoms with Crippen LogP contribution in [-0.2, 0) is 32.1 Å². The second-order valence-corrected chi connectivity index (χ2v) is 15.5. The minimum Gasteiger partial charge on any atom is -0.494 e. The number of amides is 4. The second kappa shape index (κ2) is 17.5. The molecular weight excluding hydrogens is 642 g/mol. The Kier molecular flexibility index (Phi) is 12.7. The average molecular weight is 700 g/mol. The van der Waals surface area contributed by atoms with Gasteiger partial charge in [-0.2, -0.15) is 0 Å². The van der Waals surface area contributed by atoms with E-state index in [-0.39, 0.29) is 37.1 Å². The number of likely N-dealkylation sites (tertiary alicyclic amines) is 1. The molecule has 51 heavy (non-hydrogen) atoms. The highest BCUT2D eigenvalue weighted by Crippen LogP contribution is 2.46. The summed E-state index contributed by atoms with van der Waals surface area (Å²) in [4.78, 5) is 59.2. The number of benzene rings is 2. The van der Waals surface area contributed by atoms with Crippen LogP contribution in [0.15, 0.2) is 48.5 Å². The van der Waals surface area contributed by atoms with E-state index in [9.17, 15) is 19.2 Å². The number of nitrogens with zero attached hydrogens (tertiary/aromatic N) is 2. The summed E-state index contributed by atoms with van der Waals surface area (Å²) in [5, 5.41) is 8.92.